The Morgan fingerprint density at radius 1 is 1.08 bits per heavy atom. The van der Waals surface area contributed by atoms with E-state index >= 15 is 0 Å². The van der Waals surface area contributed by atoms with Crippen molar-refractivity contribution < 1.29 is 9.18 Å². The number of nitrogens with one attached hydrogen (secondary N) is 2. The van der Waals surface area contributed by atoms with Gasteiger partial charge in [-0.2, -0.15) is 0 Å². The van der Waals surface area contributed by atoms with E-state index in [2.05, 4.69) is 20.6 Å². The predicted molar refractivity (Wildman–Crippen MR) is 98.9 cm³/mol. The summed E-state index contributed by atoms with van der Waals surface area (Å²) >= 11 is 0. The molecule has 26 heavy (non-hydrogen) atoms. The summed E-state index contributed by atoms with van der Waals surface area (Å²) in [6.07, 6.45) is 3.35. The molecule has 1 amide bonds. The highest BCUT2D eigenvalue weighted by Gasteiger charge is 2.08. The van der Waals surface area contributed by atoms with Crippen LogP contribution in [0.5, 0.6) is 0 Å². The molecule has 132 valence electrons. The van der Waals surface area contributed by atoms with Crippen LogP contribution in [0.15, 0.2) is 60.9 Å². The van der Waals surface area contributed by atoms with Gasteiger partial charge in [-0.05, 0) is 42.7 Å². The van der Waals surface area contributed by atoms with Crippen molar-refractivity contribution in [3.8, 4) is 0 Å². The summed E-state index contributed by atoms with van der Waals surface area (Å²) in [6, 6.07) is 14.4. The van der Waals surface area contributed by atoms with Crippen LogP contribution in [0.4, 0.5) is 16.0 Å². The first-order valence-electron chi connectivity index (χ1n) is 8.29. The van der Waals surface area contributed by atoms with E-state index in [-0.39, 0.29) is 11.7 Å². The Bertz CT molecular complexity index is 896. The van der Waals surface area contributed by atoms with Crippen molar-refractivity contribution in [2.24, 2.45) is 0 Å². The van der Waals surface area contributed by atoms with E-state index in [9.17, 15) is 9.18 Å². The fraction of sp³-hybridized carbons (Fsp3) is 0.150. The molecule has 0 aliphatic heterocycles. The minimum atomic E-state index is -0.288. The van der Waals surface area contributed by atoms with E-state index in [4.69, 9.17) is 0 Å². The van der Waals surface area contributed by atoms with E-state index in [0.717, 1.165) is 11.3 Å². The second kappa shape index (κ2) is 8.20. The normalized spacial score (nSPS) is 10.4. The molecule has 0 aliphatic rings. The fourth-order valence-electron chi connectivity index (χ4n) is 2.48. The second-order valence-corrected chi connectivity index (χ2v) is 5.89. The van der Waals surface area contributed by atoms with E-state index in [0.29, 0.717) is 30.0 Å². The van der Waals surface area contributed by atoms with Crippen molar-refractivity contribution >= 4 is 17.5 Å². The summed E-state index contributed by atoms with van der Waals surface area (Å²) in [6.45, 7) is 2.34. The van der Waals surface area contributed by atoms with Crippen LogP contribution in [-0.4, -0.2) is 22.4 Å². The third-order valence-electron chi connectivity index (χ3n) is 3.83. The Morgan fingerprint density at radius 3 is 2.58 bits per heavy atom. The van der Waals surface area contributed by atoms with E-state index in [1.54, 1.807) is 18.2 Å². The fourth-order valence-corrected chi connectivity index (χ4v) is 2.48. The molecule has 0 radical (unpaired) electrons. The molecule has 0 atom stereocenters. The van der Waals surface area contributed by atoms with Crippen molar-refractivity contribution in [3.05, 3.63) is 83.4 Å². The quantitative estimate of drug-likeness (QED) is 0.712. The van der Waals surface area contributed by atoms with Crippen LogP contribution < -0.4 is 10.6 Å². The second-order valence-electron chi connectivity index (χ2n) is 5.89. The molecule has 5 nitrogen and oxygen atoms in total. The molecule has 0 saturated heterocycles. The maximum atomic E-state index is 13.5. The van der Waals surface area contributed by atoms with Crippen LogP contribution in [0.25, 0.3) is 0 Å². The third-order valence-corrected chi connectivity index (χ3v) is 3.83. The zero-order valence-electron chi connectivity index (χ0n) is 14.4. The van der Waals surface area contributed by atoms with Gasteiger partial charge in [-0.25, -0.2) is 14.4 Å². The van der Waals surface area contributed by atoms with E-state index in [1.165, 1.54) is 18.5 Å². The van der Waals surface area contributed by atoms with Gasteiger partial charge in [0, 0.05) is 24.6 Å². The van der Waals surface area contributed by atoms with Crippen LogP contribution in [0.1, 0.15) is 21.5 Å². The lowest BCUT2D eigenvalue weighted by atomic mass is 10.1. The number of halogens is 1. The first-order chi connectivity index (χ1) is 12.6. The van der Waals surface area contributed by atoms with Crippen LogP contribution in [0, 0.1) is 12.7 Å². The Morgan fingerprint density at radius 2 is 1.85 bits per heavy atom. The third kappa shape index (κ3) is 4.63. The Labute approximate surface area is 151 Å². The lowest BCUT2D eigenvalue weighted by Gasteiger charge is -2.07. The number of nitrogens with zero attached hydrogens (tertiary/aromatic N) is 2. The molecular formula is C20H19FN4O. The molecule has 0 saturated carbocycles. The van der Waals surface area contributed by atoms with Crippen molar-refractivity contribution in [1.29, 1.82) is 0 Å². The van der Waals surface area contributed by atoms with Gasteiger partial charge in [-0.3, -0.25) is 4.79 Å². The molecule has 6 heteroatoms. The van der Waals surface area contributed by atoms with Crippen molar-refractivity contribution in [1.82, 2.24) is 15.3 Å². The van der Waals surface area contributed by atoms with Gasteiger partial charge in [-0.15, -0.1) is 0 Å². The number of benzene rings is 2. The Balaban J connectivity index is 1.54. The monoisotopic (exact) mass is 350 g/mol. The summed E-state index contributed by atoms with van der Waals surface area (Å²) in [4.78, 5) is 20.5. The van der Waals surface area contributed by atoms with E-state index in [1.807, 2.05) is 31.2 Å². The van der Waals surface area contributed by atoms with Crippen LogP contribution in [0.3, 0.4) is 0 Å². The topological polar surface area (TPSA) is 66.9 Å². The summed E-state index contributed by atoms with van der Waals surface area (Å²) in [5, 5.41) is 5.83. The smallest absolute Gasteiger partial charge is 0.254 e. The maximum Gasteiger partial charge on any atom is 0.254 e. The molecule has 0 spiro atoms. The molecule has 0 bridgehead atoms. The van der Waals surface area contributed by atoms with Gasteiger partial charge < -0.3 is 10.6 Å². The number of hydrogen-bond donors (Lipinski definition) is 2. The zero-order valence-corrected chi connectivity index (χ0v) is 14.4. The molecule has 0 unspecified atom stereocenters. The molecular weight excluding hydrogens is 331 g/mol. The van der Waals surface area contributed by atoms with Crippen LogP contribution in [-0.2, 0) is 6.42 Å². The minimum absolute atomic E-state index is 0.267. The first kappa shape index (κ1) is 17.5. The summed E-state index contributed by atoms with van der Waals surface area (Å²) in [5.41, 5.74) is 2.93. The van der Waals surface area contributed by atoms with Crippen LogP contribution >= 0.6 is 0 Å². The molecule has 0 aliphatic carbocycles. The largest absolute Gasteiger partial charge is 0.352 e. The number of hydrogen-bond acceptors (Lipinski definition) is 4. The standard InChI is InChI=1S/C20H19FN4O/c1-14-5-4-7-17(11-14)25-20-23-12-16(13-24-20)19(26)22-10-9-15-6-2-3-8-18(15)21/h2-8,11-13H,9-10H2,1H3,(H,22,26)(H,23,24,25). The molecule has 0 fully saturated rings. The summed E-state index contributed by atoms with van der Waals surface area (Å²) in [7, 11) is 0. The zero-order chi connectivity index (χ0) is 18.4. The Hall–Kier alpha value is -3.28. The molecule has 2 aromatic carbocycles. The predicted octanol–water partition coefficient (Wildman–Crippen LogP) is 3.64. The molecule has 2 N–H and O–H groups in total. The van der Waals surface area contributed by atoms with Gasteiger partial charge in [0.25, 0.3) is 5.91 Å². The molecule has 3 aromatic rings. The average Bonchev–Trinajstić information content (AvgIpc) is 2.64. The van der Waals surface area contributed by atoms with Gasteiger partial charge in [0.2, 0.25) is 5.95 Å². The van der Waals surface area contributed by atoms with Crippen molar-refractivity contribution in [2.45, 2.75) is 13.3 Å². The van der Waals surface area contributed by atoms with Crippen LogP contribution in [0.2, 0.25) is 0 Å². The number of aromatic nitrogens is 2. The number of aryl methyl sites for hydroxylation is 1. The highest BCUT2D eigenvalue weighted by Crippen LogP contribution is 2.14. The molecule has 1 aromatic heterocycles. The number of amides is 1. The molecule has 1 heterocycles. The van der Waals surface area contributed by atoms with Gasteiger partial charge in [0.15, 0.2) is 0 Å². The minimum Gasteiger partial charge on any atom is -0.352 e. The molecule has 3 rings (SSSR count). The van der Waals surface area contributed by atoms with Gasteiger partial charge in [0.1, 0.15) is 5.82 Å². The van der Waals surface area contributed by atoms with Crippen molar-refractivity contribution in [2.75, 3.05) is 11.9 Å². The van der Waals surface area contributed by atoms with Crippen molar-refractivity contribution in [3.63, 3.8) is 0 Å². The van der Waals surface area contributed by atoms with Gasteiger partial charge in [-0.1, -0.05) is 30.3 Å². The lowest BCUT2D eigenvalue weighted by Crippen LogP contribution is -2.26. The number of carbonyl (C=O) groups is 1. The Kier molecular flexibility index (Phi) is 5.53. The summed E-state index contributed by atoms with van der Waals surface area (Å²) < 4.78 is 13.5. The van der Waals surface area contributed by atoms with E-state index < -0.39 is 0 Å². The number of carbonyl (C=O) groups excluding carboxylic acids is 1. The maximum absolute atomic E-state index is 13.5. The highest BCUT2D eigenvalue weighted by molar-refractivity contribution is 5.93. The lowest BCUT2D eigenvalue weighted by molar-refractivity contribution is 0.0953. The van der Waals surface area contributed by atoms with Gasteiger partial charge in [0.05, 0.1) is 5.56 Å². The SMILES string of the molecule is Cc1cccc(Nc2ncc(C(=O)NCCc3ccccc3F)cn2)c1. The number of rotatable bonds is 6. The average molecular weight is 350 g/mol. The summed E-state index contributed by atoms with van der Waals surface area (Å²) in [5.74, 6) is -0.140. The first-order valence-corrected chi connectivity index (χ1v) is 8.29. The number of anilines is 2. The van der Waals surface area contributed by atoms with Gasteiger partial charge >= 0.3 is 0 Å². The highest BCUT2D eigenvalue weighted by atomic mass is 19.1.